The molecule has 0 fully saturated rings. The van der Waals surface area contributed by atoms with Crippen LogP contribution in [0.5, 0.6) is 0 Å². The number of nitrogens with one attached hydrogen (secondary N) is 2. The number of benzene rings is 3. The van der Waals surface area contributed by atoms with Gasteiger partial charge in [-0.2, -0.15) is 13.2 Å². The number of hydrogen-bond acceptors (Lipinski definition) is 4. The fourth-order valence-corrected chi connectivity index (χ4v) is 5.20. The third-order valence-electron chi connectivity index (χ3n) is 6.45. The van der Waals surface area contributed by atoms with E-state index < -0.39 is 46.0 Å². The van der Waals surface area contributed by atoms with Crippen molar-refractivity contribution in [2.24, 2.45) is 0 Å². The van der Waals surface area contributed by atoms with Gasteiger partial charge in [-0.15, -0.1) is 0 Å². The zero-order chi connectivity index (χ0) is 31.9. The number of fused-ring (bicyclic) bond motifs is 1. The van der Waals surface area contributed by atoms with Crippen molar-refractivity contribution in [1.29, 1.82) is 0 Å². The summed E-state index contributed by atoms with van der Waals surface area (Å²) in [5.74, 6) is 0.0968. The molecule has 0 radical (unpaired) electrons. The summed E-state index contributed by atoms with van der Waals surface area (Å²) in [4.78, 5) is 44.7. The quantitative estimate of drug-likeness (QED) is 0.204. The van der Waals surface area contributed by atoms with E-state index in [-0.39, 0.29) is 38.8 Å². The van der Waals surface area contributed by atoms with Crippen LogP contribution in [0, 0.1) is 0 Å². The highest BCUT2D eigenvalue weighted by Crippen LogP contribution is 2.36. The number of carbonyl (C=O) groups is 2. The number of amides is 3. The number of rotatable bonds is 5. The number of carboxylic acid groups (broad SMARTS) is 1. The summed E-state index contributed by atoms with van der Waals surface area (Å²) in [6.07, 6.45) is -5.95. The van der Waals surface area contributed by atoms with Crippen LogP contribution in [0.2, 0.25) is 10.0 Å². The second kappa shape index (κ2) is 11.8. The molecule has 0 spiro atoms. The van der Waals surface area contributed by atoms with Gasteiger partial charge in [0.05, 0.1) is 38.2 Å². The molecule has 226 valence electrons. The van der Waals surface area contributed by atoms with Gasteiger partial charge in [0, 0.05) is 16.9 Å². The second-order valence-electron chi connectivity index (χ2n) is 10.6. The highest BCUT2D eigenvalue weighted by atomic mass is 35.5. The average molecular weight is 636 g/mol. The Kier molecular flexibility index (Phi) is 8.66. The van der Waals surface area contributed by atoms with Crippen molar-refractivity contribution < 1.29 is 27.9 Å². The fraction of sp³-hybridized carbons (Fsp3) is 0.241. The van der Waals surface area contributed by atoms with Crippen molar-refractivity contribution in [2.45, 2.75) is 45.5 Å². The number of alkyl halides is 3. The Morgan fingerprint density at radius 3 is 2.19 bits per heavy atom. The maximum Gasteiger partial charge on any atom is 0.417 e. The summed E-state index contributed by atoms with van der Waals surface area (Å²) in [5.41, 5.74) is -2.03. The van der Waals surface area contributed by atoms with Gasteiger partial charge in [0.1, 0.15) is 5.82 Å². The van der Waals surface area contributed by atoms with Crippen LogP contribution in [0.4, 0.5) is 34.1 Å². The molecule has 4 rings (SSSR count). The van der Waals surface area contributed by atoms with Crippen molar-refractivity contribution >= 4 is 57.6 Å². The smallest absolute Gasteiger partial charge is 0.417 e. The van der Waals surface area contributed by atoms with Crippen LogP contribution in [-0.2, 0) is 6.18 Å². The molecule has 3 aromatic carbocycles. The molecule has 0 aliphatic rings. The number of carbonyl (C=O) groups excluding carboxylic acids is 1. The highest BCUT2D eigenvalue weighted by Gasteiger charge is 2.35. The largest absolute Gasteiger partial charge is 0.465 e. The van der Waals surface area contributed by atoms with Gasteiger partial charge < -0.3 is 15.7 Å². The number of hydrogen-bond donors (Lipinski definition) is 3. The molecule has 0 bridgehead atoms. The summed E-state index contributed by atoms with van der Waals surface area (Å²) in [7, 11) is 0. The van der Waals surface area contributed by atoms with Gasteiger partial charge in [-0.3, -0.25) is 14.3 Å². The Hall–Kier alpha value is -4.29. The van der Waals surface area contributed by atoms with Crippen molar-refractivity contribution in [3.05, 3.63) is 92.5 Å². The molecule has 0 saturated heterocycles. The SMILES string of the molecule is C[C@@H](c1nc2cccc(Cl)c2c(=O)n1-c1cccc(NC(=O)Nc2ccc(Cl)c(C(F)(F)F)c2)c1)N(C(=O)O)C(C)(C)C. The number of aromatic nitrogens is 2. The minimum Gasteiger partial charge on any atom is -0.465 e. The molecule has 0 aliphatic heterocycles. The first-order valence-electron chi connectivity index (χ1n) is 12.8. The topological polar surface area (TPSA) is 117 Å². The van der Waals surface area contributed by atoms with Gasteiger partial charge in [0.25, 0.3) is 5.56 Å². The van der Waals surface area contributed by atoms with E-state index in [0.717, 1.165) is 6.07 Å². The van der Waals surface area contributed by atoms with Crippen LogP contribution < -0.4 is 16.2 Å². The molecule has 0 aliphatic carbocycles. The van der Waals surface area contributed by atoms with E-state index in [1.165, 1.54) is 39.8 Å². The molecular formula is C29H26Cl2F3N5O4. The van der Waals surface area contributed by atoms with Crippen molar-refractivity contribution in [2.75, 3.05) is 10.6 Å². The zero-order valence-electron chi connectivity index (χ0n) is 23.3. The molecule has 9 nitrogen and oxygen atoms in total. The molecule has 43 heavy (non-hydrogen) atoms. The average Bonchev–Trinajstić information content (AvgIpc) is 2.88. The molecular weight excluding hydrogens is 610 g/mol. The maximum absolute atomic E-state index is 13.9. The summed E-state index contributed by atoms with van der Waals surface area (Å²) in [6.45, 7) is 6.73. The van der Waals surface area contributed by atoms with Gasteiger partial charge in [-0.25, -0.2) is 14.6 Å². The highest BCUT2D eigenvalue weighted by molar-refractivity contribution is 6.35. The lowest BCUT2D eigenvalue weighted by molar-refractivity contribution is -0.137. The monoisotopic (exact) mass is 635 g/mol. The number of anilines is 2. The second-order valence-corrected chi connectivity index (χ2v) is 11.4. The molecule has 3 N–H and O–H groups in total. The molecule has 1 heterocycles. The van der Waals surface area contributed by atoms with Gasteiger partial charge in [0.15, 0.2) is 0 Å². The Bertz CT molecular complexity index is 1790. The van der Waals surface area contributed by atoms with Crippen LogP contribution in [0.3, 0.4) is 0 Å². The fourth-order valence-electron chi connectivity index (χ4n) is 4.72. The van der Waals surface area contributed by atoms with E-state index in [4.69, 9.17) is 23.2 Å². The lowest BCUT2D eigenvalue weighted by Crippen LogP contribution is -2.47. The van der Waals surface area contributed by atoms with Crippen LogP contribution in [0.25, 0.3) is 16.6 Å². The lowest BCUT2D eigenvalue weighted by atomic mass is 10.0. The van der Waals surface area contributed by atoms with Crippen molar-refractivity contribution in [3.63, 3.8) is 0 Å². The van der Waals surface area contributed by atoms with Gasteiger partial charge in [-0.05, 0) is 76.2 Å². The first-order chi connectivity index (χ1) is 20.0. The molecule has 1 atom stereocenters. The third kappa shape index (κ3) is 6.70. The first-order valence-corrected chi connectivity index (χ1v) is 13.5. The zero-order valence-corrected chi connectivity index (χ0v) is 24.8. The molecule has 1 aromatic heterocycles. The van der Waals surface area contributed by atoms with E-state index in [9.17, 15) is 32.7 Å². The van der Waals surface area contributed by atoms with Gasteiger partial charge >= 0.3 is 18.3 Å². The predicted octanol–water partition coefficient (Wildman–Crippen LogP) is 8.19. The van der Waals surface area contributed by atoms with E-state index >= 15 is 0 Å². The summed E-state index contributed by atoms with van der Waals surface area (Å²) in [5, 5.41) is 14.6. The number of halogens is 5. The van der Waals surface area contributed by atoms with Crippen LogP contribution in [-0.4, -0.2) is 37.2 Å². The molecule has 4 aromatic rings. The van der Waals surface area contributed by atoms with E-state index in [1.807, 2.05) is 0 Å². The summed E-state index contributed by atoms with van der Waals surface area (Å²) < 4.78 is 40.9. The molecule has 14 heteroatoms. The van der Waals surface area contributed by atoms with Crippen molar-refractivity contribution in [1.82, 2.24) is 14.5 Å². The van der Waals surface area contributed by atoms with Crippen LogP contribution in [0.15, 0.2) is 65.5 Å². The lowest BCUT2D eigenvalue weighted by Gasteiger charge is -2.38. The minimum absolute atomic E-state index is 0.0968. The van der Waals surface area contributed by atoms with Gasteiger partial charge in [0.2, 0.25) is 0 Å². The number of urea groups is 1. The Balaban J connectivity index is 1.77. The van der Waals surface area contributed by atoms with Crippen LogP contribution >= 0.6 is 23.2 Å². The Morgan fingerprint density at radius 2 is 1.58 bits per heavy atom. The van der Waals surface area contributed by atoms with E-state index in [2.05, 4.69) is 15.6 Å². The standard InChI is InChI=1S/C29H26Cl2F3N5O4/c1-15(39(27(42)43)28(2,3)4)24-37-22-10-6-9-21(31)23(22)25(40)38(24)18-8-5-7-16(13-18)35-26(41)36-17-11-12-20(30)19(14-17)29(32,33)34/h5-15H,1-4H3,(H,42,43)(H2,35,36,41)/t15-/m0/s1. The third-order valence-corrected chi connectivity index (χ3v) is 7.10. The molecule has 0 unspecified atom stereocenters. The summed E-state index contributed by atoms with van der Waals surface area (Å²) in [6, 6.07) is 11.9. The van der Waals surface area contributed by atoms with E-state index in [0.29, 0.717) is 6.07 Å². The Labute approximate surface area is 253 Å². The van der Waals surface area contributed by atoms with Crippen LogP contribution in [0.1, 0.15) is 45.1 Å². The van der Waals surface area contributed by atoms with Gasteiger partial charge in [-0.1, -0.05) is 35.3 Å². The normalized spacial score (nSPS) is 12.6. The maximum atomic E-state index is 13.9. The number of nitrogens with zero attached hydrogens (tertiary/aromatic N) is 3. The summed E-state index contributed by atoms with van der Waals surface area (Å²) >= 11 is 12.0. The van der Waals surface area contributed by atoms with E-state index in [1.54, 1.807) is 45.9 Å². The minimum atomic E-state index is -4.72. The van der Waals surface area contributed by atoms with Crippen molar-refractivity contribution in [3.8, 4) is 5.69 Å². The first kappa shape index (κ1) is 31.6. The predicted molar refractivity (Wildman–Crippen MR) is 159 cm³/mol. The Morgan fingerprint density at radius 1 is 0.953 bits per heavy atom. The molecule has 0 saturated carbocycles. The molecule has 3 amide bonds.